The number of alkyl halides is 2. The van der Waals surface area contributed by atoms with Gasteiger partial charge in [-0.3, -0.25) is 9.59 Å². The average molecular weight is 442 g/mol. The molecule has 10 heteroatoms. The molecule has 0 aromatic heterocycles. The smallest absolute Gasteiger partial charge is 0.548 e. The quantitative estimate of drug-likeness (QED) is 0.404. The number of hydrogen-bond donors (Lipinski definition) is 2. The van der Waals surface area contributed by atoms with Crippen LogP contribution in [0.15, 0.2) is 41.7 Å². The average Bonchev–Trinajstić information content (AvgIpc) is 2.69. The topological polar surface area (TPSA) is 110 Å². The van der Waals surface area contributed by atoms with E-state index in [0.717, 1.165) is 16.7 Å². The predicted octanol–water partition coefficient (Wildman–Crippen LogP) is -1.70. The van der Waals surface area contributed by atoms with Crippen LogP contribution in [0.25, 0.3) is 5.57 Å². The summed E-state index contributed by atoms with van der Waals surface area (Å²) in [4.78, 5) is 36.5. The zero-order valence-corrected chi connectivity index (χ0v) is 19.1. The van der Waals surface area contributed by atoms with Crippen LogP contribution in [0.3, 0.4) is 0 Å². The predicted molar refractivity (Wildman–Crippen MR) is 101 cm³/mol. The van der Waals surface area contributed by atoms with Crippen molar-refractivity contribution in [3.63, 3.8) is 0 Å². The molecule has 2 N–H and O–H groups in total. The van der Waals surface area contributed by atoms with E-state index in [1.54, 1.807) is 30.3 Å². The van der Waals surface area contributed by atoms with Crippen molar-refractivity contribution in [2.45, 2.75) is 38.2 Å². The molecule has 0 fully saturated rings. The summed E-state index contributed by atoms with van der Waals surface area (Å²) >= 11 is 0. The van der Waals surface area contributed by atoms with Crippen molar-refractivity contribution in [3.05, 3.63) is 52.8 Å². The van der Waals surface area contributed by atoms with Crippen LogP contribution in [-0.2, 0) is 20.9 Å². The minimum atomic E-state index is -2.65. The first-order valence-corrected chi connectivity index (χ1v) is 9.52. The van der Waals surface area contributed by atoms with Crippen LogP contribution in [0.1, 0.15) is 36.8 Å². The fourth-order valence-electron chi connectivity index (χ4n) is 3.47. The number of hydrogen-bond acceptors (Lipinski definition) is 5. The number of carboxylic acids is 1. The van der Waals surface area contributed by atoms with Gasteiger partial charge in [-0.2, -0.15) is 0 Å². The second-order valence-electron chi connectivity index (χ2n) is 7.34. The number of carbonyl (C=O) groups is 3. The number of allylic oxidation sites excluding steroid dienone is 2. The van der Waals surface area contributed by atoms with Gasteiger partial charge in [0.2, 0.25) is 0 Å². The third-order valence-electron chi connectivity index (χ3n) is 5.13. The van der Waals surface area contributed by atoms with E-state index < -0.39 is 35.8 Å². The van der Waals surface area contributed by atoms with E-state index in [4.69, 9.17) is 0 Å². The Morgan fingerprint density at radius 2 is 1.87 bits per heavy atom. The van der Waals surface area contributed by atoms with Crippen LogP contribution >= 0.6 is 0 Å². The summed E-state index contributed by atoms with van der Waals surface area (Å²) in [5, 5.41) is 22.4. The summed E-state index contributed by atoms with van der Waals surface area (Å²) in [7, 11) is 0. The van der Waals surface area contributed by atoms with Gasteiger partial charge in [-0.1, -0.05) is 30.3 Å². The Morgan fingerprint density at radius 1 is 1.19 bits per heavy atom. The van der Waals surface area contributed by atoms with Crippen molar-refractivity contribution < 1.29 is 62.9 Å². The first-order valence-electron chi connectivity index (χ1n) is 9.52. The molecule has 0 radical (unpaired) electrons. The molecule has 0 saturated heterocycles. The Bertz CT molecular complexity index is 928. The molecule has 1 heterocycles. The molecule has 7 nitrogen and oxygen atoms in total. The Hall–Kier alpha value is -2.23. The van der Waals surface area contributed by atoms with Crippen molar-refractivity contribution in [2.24, 2.45) is 0 Å². The zero-order valence-electron chi connectivity index (χ0n) is 17.1. The summed E-state index contributed by atoms with van der Waals surface area (Å²) in [6.45, 7) is -0.392. The normalized spacial score (nSPS) is 18.2. The Balaban J connectivity index is 0.00000341. The number of rotatable bonds is 6. The van der Waals surface area contributed by atoms with Crippen molar-refractivity contribution in [2.75, 3.05) is 13.1 Å². The van der Waals surface area contributed by atoms with Crippen molar-refractivity contribution in [1.82, 2.24) is 10.2 Å². The van der Waals surface area contributed by atoms with Gasteiger partial charge in [0, 0.05) is 32.4 Å². The first-order chi connectivity index (χ1) is 14.2. The van der Waals surface area contributed by atoms with Gasteiger partial charge in [0.1, 0.15) is 11.3 Å². The number of aliphatic hydroxyl groups is 1. The number of nitrogens with one attached hydrogen (secondary N) is 1. The number of carbonyl (C=O) groups excluding carboxylic acids is 3. The summed E-state index contributed by atoms with van der Waals surface area (Å²) in [6.07, 6.45) is 1.47. The van der Waals surface area contributed by atoms with Gasteiger partial charge >= 0.3 is 29.6 Å². The van der Waals surface area contributed by atoms with Gasteiger partial charge in [-0.25, -0.2) is 8.78 Å². The molecule has 2 amide bonds. The molecule has 1 aliphatic carbocycles. The summed E-state index contributed by atoms with van der Waals surface area (Å²) in [5.41, 5.74) is 2.00. The number of benzene rings is 1. The molecule has 31 heavy (non-hydrogen) atoms. The maximum Gasteiger partial charge on any atom is 1.00 e. The van der Waals surface area contributed by atoms with Gasteiger partial charge in [0.05, 0.1) is 12.5 Å². The SMILES string of the molecule is O=C([O-])CNC(=O)C1=C(O)CCN(Cc2ccc(C3=CCC(F)(F)CC3)cc2)C1=O.[Na+]. The number of aliphatic hydroxyl groups excluding tert-OH is 1. The van der Waals surface area contributed by atoms with E-state index in [9.17, 15) is 33.4 Å². The number of halogens is 2. The molecule has 1 aromatic rings. The van der Waals surface area contributed by atoms with Gasteiger partial charge < -0.3 is 25.2 Å². The van der Waals surface area contributed by atoms with Crippen molar-refractivity contribution >= 4 is 23.4 Å². The van der Waals surface area contributed by atoms with E-state index in [1.165, 1.54) is 4.90 Å². The molecule has 0 atom stereocenters. The fraction of sp³-hybridized carbons (Fsp3) is 0.381. The molecule has 0 spiro atoms. The van der Waals surface area contributed by atoms with E-state index in [1.807, 2.05) is 5.32 Å². The van der Waals surface area contributed by atoms with Crippen LogP contribution in [-0.4, -0.2) is 46.8 Å². The minimum absolute atomic E-state index is 0. The molecule has 3 rings (SSSR count). The van der Waals surface area contributed by atoms with Crippen LogP contribution in [0.2, 0.25) is 0 Å². The van der Waals surface area contributed by atoms with Crippen molar-refractivity contribution in [1.29, 1.82) is 0 Å². The van der Waals surface area contributed by atoms with E-state index >= 15 is 0 Å². The zero-order chi connectivity index (χ0) is 21.9. The summed E-state index contributed by atoms with van der Waals surface area (Å²) in [5.74, 6) is -6.22. The molecule has 0 saturated carbocycles. The van der Waals surface area contributed by atoms with E-state index in [2.05, 4.69) is 0 Å². The van der Waals surface area contributed by atoms with Crippen LogP contribution in [0.4, 0.5) is 8.78 Å². The van der Waals surface area contributed by atoms with Crippen LogP contribution in [0, 0.1) is 0 Å². The van der Waals surface area contributed by atoms with Gasteiger partial charge in [0.15, 0.2) is 0 Å². The number of carboxylic acid groups (broad SMARTS) is 1. The largest absolute Gasteiger partial charge is 1.00 e. The molecule has 0 unspecified atom stereocenters. The van der Waals surface area contributed by atoms with Gasteiger partial charge in [-0.15, -0.1) is 0 Å². The van der Waals surface area contributed by atoms with E-state index in [-0.39, 0.29) is 67.7 Å². The van der Waals surface area contributed by atoms with Gasteiger partial charge in [-0.05, 0) is 23.1 Å². The number of amides is 2. The second kappa shape index (κ2) is 10.4. The molecule has 160 valence electrons. The van der Waals surface area contributed by atoms with Crippen LogP contribution in [0.5, 0.6) is 0 Å². The molecular weight excluding hydrogens is 421 g/mol. The van der Waals surface area contributed by atoms with Crippen molar-refractivity contribution in [3.8, 4) is 0 Å². The molecule has 2 aliphatic rings. The summed E-state index contributed by atoms with van der Waals surface area (Å²) in [6, 6.07) is 7.17. The third kappa shape index (κ3) is 6.38. The standard InChI is InChI=1S/C21H22F2N2O5.Na/c22-21(23)8-5-15(6-9-21)14-3-1-13(2-4-14)12-25-10-7-16(26)18(20(25)30)19(29)24-11-17(27)28;/h1-5,26H,6-12H2,(H,24,29)(H,27,28);/q;+1/p-1. The Kier molecular flexibility index (Phi) is 8.39. The fourth-order valence-corrected chi connectivity index (χ4v) is 3.47. The second-order valence-corrected chi connectivity index (χ2v) is 7.34. The first kappa shape index (κ1) is 25.0. The molecular formula is C21H21F2N2NaO5. The maximum atomic E-state index is 13.3. The van der Waals surface area contributed by atoms with Crippen LogP contribution < -0.4 is 40.0 Å². The monoisotopic (exact) mass is 442 g/mol. The van der Waals surface area contributed by atoms with E-state index in [0.29, 0.717) is 6.42 Å². The third-order valence-corrected chi connectivity index (χ3v) is 5.13. The summed E-state index contributed by atoms with van der Waals surface area (Å²) < 4.78 is 26.6. The minimum Gasteiger partial charge on any atom is -0.548 e. The molecule has 1 aromatic carbocycles. The molecule has 0 bridgehead atoms. The Labute approximate surface area is 200 Å². The molecule has 1 aliphatic heterocycles. The number of nitrogens with zero attached hydrogens (tertiary/aromatic N) is 1. The Morgan fingerprint density at radius 3 is 2.45 bits per heavy atom. The van der Waals surface area contributed by atoms with Gasteiger partial charge in [0.25, 0.3) is 17.7 Å². The number of aliphatic carboxylic acids is 1. The maximum absolute atomic E-state index is 13.3.